The van der Waals surface area contributed by atoms with Crippen LogP contribution >= 0.6 is 55.1 Å². The molecule has 1 unspecified atom stereocenters. The first-order valence-electron chi connectivity index (χ1n) is 1.88. The Kier molecular flexibility index (Phi) is 5.91. The SMILES string of the molecule is ClC=C(Cl)C(Br)CBr. The second kappa shape index (κ2) is 5.10. The molecule has 0 heterocycles. The van der Waals surface area contributed by atoms with Crippen molar-refractivity contribution in [2.75, 3.05) is 5.33 Å². The highest BCUT2D eigenvalue weighted by Crippen LogP contribution is 2.18. The summed E-state index contributed by atoms with van der Waals surface area (Å²) in [6.07, 6.45) is 0. The summed E-state index contributed by atoms with van der Waals surface area (Å²) < 4.78 is 0. The van der Waals surface area contributed by atoms with Crippen molar-refractivity contribution in [3.05, 3.63) is 10.6 Å². The number of hydrogen-bond donors (Lipinski definition) is 0. The number of rotatable bonds is 2. The van der Waals surface area contributed by atoms with E-state index in [1.165, 1.54) is 5.54 Å². The molecule has 0 fully saturated rings. The first-order valence-corrected chi connectivity index (χ1v) is 4.73. The molecule has 0 aliphatic carbocycles. The molecule has 0 aliphatic heterocycles. The van der Waals surface area contributed by atoms with Crippen molar-refractivity contribution in [2.45, 2.75) is 4.83 Å². The van der Waals surface area contributed by atoms with Crippen LogP contribution in [-0.4, -0.2) is 10.2 Å². The van der Waals surface area contributed by atoms with E-state index in [-0.39, 0.29) is 4.83 Å². The molecule has 0 rings (SSSR count). The molecule has 0 aromatic carbocycles. The van der Waals surface area contributed by atoms with Crippen LogP contribution < -0.4 is 0 Å². The van der Waals surface area contributed by atoms with Gasteiger partial charge in [-0.1, -0.05) is 55.1 Å². The Labute approximate surface area is 75.5 Å². The van der Waals surface area contributed by atoms with Crippen LogP contribution in [0, 0.1) is 0 Å². The first-order chi connectivity index (χ1) is 3.72. The summed E-state index contributed by atoms with van der Waals surface area (Å²) in [5.41, 5.74) is 1.35. The van der Waals surface area contributed by atoms with E-state index in [1.807, 2.05) is 0 Å². The van der Waals surface area contributed by atoms with Gasteiger partial charge in [0.05, 0.1) is 4.83 Å². The monoisotopic (exact) mass is 280 g/mol. The lowest BCUT2D eigenvalue weighted by Gasteiger charge is -1.99. The van der Waals surface area contributed by atoms with E-state index in [0.717, 1.165) is 5.33 Å². The Morgan fingerprint density at radius 3 is 2.38 bits per heavy atom. The molecule has 1 atom stereocenters. The molecule has 0 radical (unpaired) electrons. The van der Waals surface area contributed by atoms with Gasteiger partial charge in [-0.25, -0.2) is 0 Å². The van der Waals surface area contributed by atoms with Gasteiger partial charge in [-0.05, 0) is 0 Å². The molecule has 0 bridgehead atoms. The summed E-state index contributed by atoms with van der Waals surface area (Å²) >= 11 is 17.3. The van der Waals surface area contributed by atoms with Gasteiger partial charge < -0.3 is 0 Å². The van der Waals surface area contributed by atoms with Gasteiger partial charge in [0.25, 0.3) is 0 Å². The highest BCUT2D eigenvalue weighted by molar-refractivity contribution is 9.12. The van der Waals surface area contributed by atoms with Crippen LogP contribution in [0.15, 0.2) is 10.6 Å². The maximum absolute atomic E-state index is 5.57. The van der Waals surface area contributed by atoms with E-state index in [0.29, 0.717) is 5.03 Å². The van der Waals surface area contributed by atoms with Gasteiger partial charge in [0.15, 0.2) is 0 Å². The smallest absolute Gasteiger partial charge is 0.0608 e. The second-order valence-corrected chi connectivity index (χ2v) is 3.52. The highest BCUT2D eigenvalue weighted by Gasteiger charge is 2.03. The van der Waals surface area contributed by atoms with Gasteiger partial charge in [-0.3, -0.25) is 0 Å². The molecule has 4 heteroatoms. The highest BCUT2D eigenvalue weighted by atomic mass is 79.9. The standard InChI is InChI=1S/C4H4Br2Cl2/c5-1-3(6)4(8)2-7/h2-3H,1H2. The maximum Gasteiger partial charge on any atom is 0.0608 e. The van der Waals surface area contributed by atoms with Crippen molar-refractivity contribution in [1.29, 1.82) is 0 Å². The van der Waals surface area contributed by atoms with Crippen molar-refractivity contribution in [2.24, 2.45) is 0 Å². The van der Waals surface area contributed by atoms with Crippen molar-refractivity contribution >= 4 is 55.1 Å². The fraction of sp³-hybridized carbons (Fsp3) is 0.500. The minimum atomic E-state index is 0.140. The minimum Gasteiger partial charge on any atom is -0.0917 e. The summed E-state index contributed by atoms with van der Waals surface area (Å²) in [5.74, 6) is 0. The molecule has 0 N–H and O–H groups in total. The van der Waals surface area contributed by atoms with Crippen LogP contribution in [0.2, 0.25) is 0 Å². The van der Waals surface area contributed by atoms with Crippen molar-refractivity contribution in [3.63, 3.8) is 0 Å². The fourth-order valence-electron chi connectivity index (χ4n) is 0.142. The van der Waals surface area contributed by atoms with Crippen LogP contribution in [0.1, 0.15) is 0 Å². The van der Waals surface area contributed by atoms with Gasteiger partial charge in [-0.15, -0.1) is 0 Å². The average molecular weight is 283 g/mol. The molecule has 0 saturated heterocycles. The van der Waals surface area contributed by atoms with Crippen LogP contribution in [-0.2, 0) is 0 Å². The third kappa shape index (κ3) is 3.33. The topological polar surface area (TPSA) is 0 Å². The zero-order chi connectivity index (χ0) is 6.57. The number of alkyl halides is 2. The van der Waals surface area contributed by atoms with Gasteiger partial charge in [0, 0.05) is 15.9 Å². The maximum atomic E-state index is 5.57. The molecule has 0 spiro atoms. The molecule has 0 aromatic rings. The number of halogens is 4. The Hall–Kier alpha value is 1.28. The van der Waals surface area contributed by atoms with E-state index in [1.54, 1.807) is 0 Å². The normalized spacial score (nSPS) is 16.2. The summed E-state index contributed by atoms with van der Waals surface area (Å²) in [6.45, 7) is 0. The lowest BCUT2D eigenvalue weighted by Crippen LogP contribution is -1.96. The van der Waals surface area contributed by atoms with E-state index in [2.05, 4.69) is 31.9 Å². The minimum absolute atomic E-state index is 0.140. The predicted octanol–water partition coefficient (Wildman–Crippen LogP) is 3.46. The van der Waals surface area contributed by atoms with E-state index >= 15 is 0 Å². The Morgan fingerprint density at radius 2 is 2.25 bits per heavy atom. The Balaban J connectivity index is 3.63. The molecular formula is C4H4Br2Cl2. The fourth-order valence-corrected chi connectivity index (χ4v) is 1.19. The molecule has 48 valence electrons. The summed E-state index contributed by atoms with van der Waals surface area (Å²) in [5, 5.41) is 1.39. The van der Waals surface area contributed by atoms with E-state index < -0.39 is 0 Å². The molecule has 0 saturated carbocycles. The van der Waals surface area contributed by atoms with E-state index in [9.17, 15) is 0 Å². The predicted molar refractivity (Wildman–Crippen MR) is 46.3 cm³/mol. The molecule has 0 aromatic heterocycles. The third-order valence-electron chi connectivity index (χ3n) is 0.539. The molecule has 0 aliphatic rings. The van der Waals surface area contributed by atoms with Gasteiger partial charge >= 0.3 is 0 Å². The van der Waals surface area contributed by atoms with E-state index in [4.69, 9.17) is 23.2 Å². The third-order valence-corrected chi connectivity index (χ3v) is 3.86. The molecule has 0 nitrogen and oxygen atoms in total. The second-order valence-electron chi connectivity index (χ2n) is 1.12. The van der Waals surface area contributed by atoms with Crippen molar-refractivity contribution < 1.29 is 0 Å². The summed E-state index contributed by atoms with van der Waals surface area (Å²) in [6, 6.07) is 0. The van der Waals surface area contributed by atoms with Crippen LogP contribution in [0.25, 0.3) is 0 Å². The van der Waals surface area contributed by atoms with Crippen molar-refractivity contribution in [3.8, 4) is 0 Å². The average Bonchev–Trinajstić information content (AvgIpc) is 1.84. The Morgan fingerprint density at radius 1 is 1.75 bits per heavy atom. The van der Waals surface area contributed by atoms with Gasteiger partial charge in [0.1, 0.15) is 0 Å². The zero-order valence-corrected chi connectivity index (χ0v) is 8.56. The molecule has 0 amide bonds. The van der Waals surface area contributed by atoms with Crippen LogP contribution in [0.4, 0.5) is 0 Å². The molecular weight excluding hydrogens is 279 g/mol. The lowest BCUT2D eigenvalue weighted by atomic mass is 10.5. The first kappa shape index (κ1) is 9.28. The van der Waals surface area contributed by atoms with Gasteiger partial charge in [-0.2, -0.15) is 0 Å². The zero-order valence-electron chi connectivity index (χ0n) is 3.87. The molecule has 8 heavy (non-hydrogen) atoms. The Bertz CT molecular complexity index is 92.0. The summed E-state index contributed by atoms with van der Waals surface area (Å²) in [7, 11) is 0. The van der Waals surface area contributed by atoms with Crippen LogP contribution in [0.3, 0.4) is 0 Å². The largest absolute Gasteiger partial charge is 0.0917 e. The number of hydrogen-bond acceptors (Lipinski definition) is 0. The lowest BCUT2D eigenvalue weighted by molar-refractivity contribution is 1.29. The summed E-state index contributed by atoms with van der Waals surface area (Å²) in [4.78, 5) is 0.140. The van der Waals surface area contributed by atoms with Crippen LogP contribution in [0.5, 0.6) is 0 Å². The van der Waals surface area contributed by atoms with Gasteiger partial charge in [0.2, 0.25) is 0 Å². The number of allylic oxidation sites excluding steroid dienone is 1. The van der Waals surface area contributed by atoms with Crippen molar-refractivity contribution in [1.82, 2.24) is 0 Å². The quantitative estimate of drug-likeness (QED) is 0.681.